The molecule has 0 bridgehead atoms. The lowest BCUT2D eigenvalue weighted by Gasteiger charge is -2.20. The molecule has 0 aromatic heterocycles. The lowest BCUT2D eigenvalue weighted by molar-refractivity contribution is -0.130. The van der Waals surface area contributed by atoms with E-state index < -0.39 is 17.9 Å². The summed E-state index contributed by atoms with van der Waals surface area (Å²) in [6.07, 6.45) is 1.07. The molecule has 1 saturated heterocycles. The molecule has 0 radical (unpaired) electrons. The molecule has 6 N–H and O–H groups in total. The van der Waals surface area contributed by atoms with E-state index in [9.17, 15) is 14.4 Å². The highest BCUT2D eigenvalue weighted by molar-refractivity contribution is 5.97. The van der Waals surface area contributed by atoms with Gasteiger partial charge in [0.15, 0.2) is 0 Å². The Morgan fingerprint density at radius 2 is 1.69 bits per heavy atom. The highest BCUT2D eigenvalue weighted by Gasteiger charge is 2.25. The van der Waals surface area contributed by atoms with Crippen molar-refractivity contribution in [3.8, 4) is 11.8 Å². The van der Waals surface area contributed by atoms with Gasteiger partial charge in [0.05, 0.1) is 6.54 Å². The second-order valence-corrected chi connectivity index (χ2v) is 8.83. The molecule has 0 spiro atoms. The molecule has 0 unspecified atom stereocenters. The van der Waals surface area contributed by atoms with Crippen molar-refractivity contribution in [1.29, 1.82) is 0 Å². The van der Waals surface area contributed by atoms with Crippen LogP contribution in [0.15, 0.2) is 48.5 Å². The second-order valence-electron chi connectivity index (χ2n) is 8.83. The molecule has 36 heavy (non-hydrogen) atoms. The van der Waals surface area contributed by atoms with Gasteiger partial charge < -0.3 is 21.3 Å². The lowest BCUT2D eigenvalue weighted by atomic mass is 10.1. The maximum atomic E-state index is 12.4. The average Bonchev–Trinajstić information content (AvgIpc) is 3.35. The van der Waals surface area contributed by atoms with Crippen LogP contribution in [0.2, 0.25) is 0 Å². The van der Waals surface area contributed by atoms with E-state index >= 15 is 0 Å². The van der Waals surface area contributed by atoms with Crippen molar-refractivity contribution in [2.24, 2.45) is 5.73 Å². The van der Waals surface area contributed by atoms with Crippen LogP contribution in [0.3, 0.4) is 0 Å². The minimum Gasteiger partial charge on any atom is -0.339 e. The van der Waals surface area contributed by atoms with Crippen molar-refractivity contribution < 1.29 is 19.6 Å². The molecule has 1 aliphatic rings. The quantitative estimate of drug-likeness (QED) is 0.202. The van der Waals surface area contributed by atoms with E-state index in [0.29, 0.717) is 23.7 Å². The molecule has 0 saturated carbocycles. The van der Waals surface area contributed by atoms with Gasteiger partial charge in [-0.05, 0) is 69.0 Å². The SMILES string of the molecule is CN(C)[C@@H]1CCN(CC(=O)Nc2ccc(C#Cc3ccc(C(=O)N[C@@H](CN)C(=O)NO)cc3)cc2)C1. The summed E-state index contributed by atoms with van der Waals surface area (Å²) in [7, 11) is 4.13. The van der Waals surface area contributed by atoms with Crippen LogP contribution in [0.5, 0.6) is 0 Å². The van der Waals surface area contributed by atoms with Crippen molar-refractivity contribution in [3.05, 3.63) is 65.2 Å². The maximum Gasteiger partial charge on any atom is 0.267 e. The Labute approximate surface area is 210 Å². The number of carbonyl (C=O) groups is 3. The van der Waals surface area contributed by atoms with Gasteiger partial charge in [0, 0.05) is 48.1 Å². The first-order valence-electron chi connectivity index (χ1n) is 11.6. The van der Waals surface area contributed by atoms with E-state index in [1.165, 1.54) is 5.48 Å². The fourth-order valence-corrected chi connectivity index (χ4v) is 3.82. The molecule has 1 fully saturated rings. The molecule has 3 amide bonds. The normalized spacial score (nSPS) is 16.1. The van der Waals surface area contributed by atoms with Crippen molar-refractivity contribution in [2.75, 3.05) is 45.6 Å². The molecule has 2 atom stereocenters. The van der Waals surface area contributed by atoms with Crippen LogP contribution in [-0.2, 0) is 9.59 Å². The zero-order valence-corrected chi connectivity index (χ0v) is 20.5. The van der Waals surface area contributed by atoms with Gasteiger partial charge in [0.2, 0.25) is 5.91 Å². The van der Waals surface area contributed by atoms with Gasteiger partial charge in [-0.25, -0.2) is 5.48 Å². The summed E-state index contributed by atoms with van der Waals surface area (Å²) in [6.45, 7) is 2.04. The van der Waals surface area contributed by atoms with Gasteiger partial charge in [-0.2, -0.15) is 0 Å². The second kappa shape index (κ2) is 12.8. The minimum atomic E-state index is -1.04. The Morgan fingerprint density at radius 1 is 1.08 bits per heavy atom. The molecule has 3 rings (SSSR count). The van der Waals surface area contributed by atoms with E-state index in [1.54, 1.807) is 24.3 Å². The van der Waals surface area contributed by atoms with Gasteiger partial charge >= 0.3 is 0 Å². The largest absolute Gasteiger partial charge is 0.339 e. The van der Waals surface area contributed by atoms with Crippen LogP contribution in [-0.4, -0.2) is 85.1 Å². The zero-order chi connectivity index (χ0) is 26.1. The highest BCUT2D eigenvalue weighted by atomic mass is 16.5. The van der Waals surface area contributed by atoms with E-state index in [1.807, 2.05) is 24.3 Å². The number of nitrogens with one attached hydrogen (secondary N) is 3. The number of likely N-dealkylation sites (N-methyl/N-ethyl adjacent to an activating group) is 1. The standard InChI is InChI=1S/C26H32N6O4/c1-31(2)22-13-14-32(16-22)17-24(33)28-21-11-7-19(8-12-21)4-3-18-5-9-20(10-6-18)25(34)29-23(15-27)26(35)30-36/h5-12,22-23,36H,13-17,27H2,1-2H3,(H,28,33)(H,29,34)(H,30,35)/t22-,23+/m1/s1. The monoisotopic (exact) mass is 492 g/mol. The van der Waals surface area contributed by atoms with E-state index in [-0.39, 0.29) is 12.5 Å². The van der Waals surface area contributed by atoms with E-state index in [2.05, 4.69) is 46.4 Å². The van der Waals surface area contributed by atoms with Gasteiger partial charge in [-0.1, -0.05) is 11.8 Å². The summed E-state index contributed by atoms with van der Waals surface area (Å²) >= 11 is 0. The van der Waals surface area contributed by atoms with Crippen molar-refractivity contribution >= 4 is 23.4 Å². The van der Waals surface area contributed by atoms with Crippen LogP contribution in [0.25, 0.3) is 0 Å². The maximum absolute atomic E-state index is 12.4. The number of hydrogen-bond acceptors (Lipinski definition) is 7. The summed E-state index contributed by atoms with van der Waals surface area (Å²) in [6, 6.07) is 13.3. The van der Waals surface area contributed by atoms with Gasteiger partial charge in [-0.3, -0.25) is 24.5 Å². The third kappa shape index (κ3) is 7.63. The Hall–Kier alpha value is -3.75. The van der Waals surface area contributed by atoms with Gasteiger partial charge in [0.25, 0.3) is 11.8 Å². The van der Waals surface area contributed by atoms with Crippen LogP contribution < -0.4 is 21.8 Å². The number of hydroxylamine groups is 1. The van der Waals surface area contributed by atoms with Crippen LogP contribution in [0.4, 0.5) is 5.69 Å². The number of benzene rings is 2. The summed E-state index contributed by atoms with van der Waals surface area (Å²) in [4.78, 5) is 40.5. The van der Waals surface area contributed by atoms with Crippen molar-refractivity contribution in [3.63, 3.8) is 0 Å². The van der Waals surface area contributed by atoms with E-state index in [4.69, 9.17) is 10.9 Å². The number of nitrogens with two attached hydrogens (primary N) is 1. The predicted molar refractivity (Wildman–Crippen MR) is 136 cm³/mol. The molecule has 1 aliphatic heterocycles. The molecule has 0 aliphatic carbocycles. The van der Waals surface area contributed by atoms with Crippen LogP contribution >= 0.6 is 0 Å². The van der Waals surface area contributed by atoms with Crippen LogP contribution in [0, 0.1) is 11.8 Å². The third-order valence-corrected chi connectivity index (χ3v) is 5.98. The summed E-state index contributed by atoms with van der Waals surface area (Å²) in [5.74, 6) is 4.77. The number of nitrogens with zero attached hydrogens (tertiary/aromatic N) is 2. The van der Waals surface area contributed by atoms with E-state index in [0.717, 1.165) is 30.8 Å². The highest BCUT2D eigenvalue weighted by Crippen LogP contribution is 2.14. The van der Waals surface area contributed by atoms with Crippen molar-refractivity contribution in [1.82, 2.24) is 20.6 Å². The number of likely N-dealkylation sites (tertiary alicyclic amines) is 1. The Bertz CT molecular complexity index is 1120. The first kappa shape index (κ1) is 26.8. The number of rotatable bonds is 8. The molecule has 1 heterocycles. The first-order valence-corrected chi connectivity index (χ1v) is 11.6. The fraction of sp³-hybridized carbons (Fsp3) is 0.346. The number of anilines is 1. The zero-order valence-electron chi connectivity index (χ0n) is 20.5. The Morgan fingerprint density at radius 3 is 2.22 bits per heavy atom. The molecule has 2 aromatic carbocycles. The number of hydrogen-bond donors (Lipinski definition) is 5. The first-order chi connectivity index (χ1) is 17.3. The lowest BCUT2D eigenvalue weighted by Crippen LogP contribution is -2.50. The van der Waals surface area contributed by atoms with Gasteiger partial charge in [0.1, 0.15) is 6.04 Å². The molecular formula is C26H32N6O4. The predicted octanol–water partition coefficient (Wildman–Crippen LogP) is 0.223. The third-order valence-electron chi connectivity index (χ3n) is 5.98. The molecule has 10 nitrogen and oxygen atoms in total. The smallest absolute Gasteiger partial charge is 0.267 e. The summed E-state index contributed by atoms with van der Waals surface area (Å²) in [5, 5.41) is 14.1. The summed E-state index contributed by atoms with van der Waals surface area (Å²) < 4.78 is 0. The Kier molecular flexibility index (Phi) is 9.55. The fourth-order valence-electron chi connectivity index (χ4n) is 3.82. The Balaban J connectivity index is 1.51. The molecule has 10 heteroatoms. The molecule has 2 aromatic rings. The average molecular weight is 493 g/mol. The van der Waals surface area contributed by atoms with Crippen LogP contribution in [0.1, 0.15) is 27.9 Å². The summed E-state index contributed by atoms with van der Waals surface area (Å²) in [5.41, 5.74) is 9.45. The number of carbonyl (C=O) groups excluding carboxylic acids is 3. The van der Waals surface area contributed by atoms with Gasteiger partial charge in [-0.15, -0.1) is 0 Å². The van der Waals surface area contributed by atoms with Crippen molar-refractivity contribution in [2.45, 2.75) is 18.5 Å². The minimum absolute atomic E-state index is 0.0351. The topological polar surface area (TPSA) is 140 Å². The molecule has 190 valence electrons. The number of amides is 3. The molecular weight excluding hydrogens is 460 g/mol.